The molecular weight excluding hydrogens is 354 g/mol. The molecule has 1 aromatic carbocycles. The summed E-state index contributed by atoms with van der Waals surface area (Å²) in [6, 6.07) is 11.5. The monoisotopic (exact) mass is 383 g/mol. The van der Waals surface area contributed by atoms with Crippen LogP contribution in [0.5, 0.6) is 0 Å². The Balaban J connectivity index is 1.38. The van der Waals surface area contributed by atoms with Gasteiger partial charge >= 0.3 is 0 Å². The number of piperazine rings is 1. The number of hydrogen-bond donors (Lipinski definition) is 1. The number of furan rings is 1. The van der Waals surface area contributed by atoms with Crippen LogP contribution in [0.3, 0.4) is 0 Å². The van der Waals surface area contributed by atoms with Gasteiger partial charge in [-0.15, -0.1) is 0 Å². The van der Waals surface area contributed by atoms with Crippen molar-refractivity contribution in [3.05, 3.63) is 47.7 Å². The smallest absolute Gasteiger partial charge is 0.253 e. The molecule has 0 spiro atoms. The lowest BCUT2D eigenvalue weighted by atomic mass is 9.98. The number of benzene rings is 1. The van der Waals surface area contributed by atoms with Crippen molar-refractivity contribution in [3.8, 4) is 11.3 Å². The van der Waals surface area contributed by atoms with Gasteiger partial charge in [0.05, 0.1) is 6.10 Å². The number of likely N-dealkylation sites (tertiary alicyclic amines) is 1. The highest BCUT2D eigenvalue weighted by Crippen LogP contribution is 2.24. The molecule has 2 aromatic rings. The summed E-state index contributed by atoms with van der Waals surface area (Å²) >= 11 is 0. The number of likely N-dealkylation sites (N-methyl/N-ethyl adjacent to an activating group) is 1. The van der Waals surface area contributed by atoms with Crippen molar-refractivity contribution in [2.45, 2.75) is 25.5 Å². The maximum absolute atomic E-state index is 12.9. The zero-order chi connectivity index (χ0) is 19.7. The molecule has 0 aliphatic carbocycles. The molecule has 0 bridgehead atoms. The third-order valence-corrected chi connectivity index (χ3v) is 6.00. The predicted octanol–water partition coefficient (Wildman–Crippen LogP) is 2.08. The third kappa shape index (κ3) is 3.99. The first-order valence-corrected chi connectivity index (χ1v) is 10.1. The number of piperidine rings is 1. The first kappa shape index (κ1) is 19.2. The summed E-state index contributed by atoms with van der Waals surface area (Å²) in [6.45, 7) is 7.04. The van der Waals surface area contributed by atoms with Gasteiger partial charge in [-0.25, -0.2) is 0 Å². The molecule has 150 valence electrons. The Morgan fingerprint density at radius 1 is 1.04 bits per heavy atom. The minimum atomic E-state index is -0.494. The molecule has 2 atom stereocenters. The topological polar surface area (TPSA) is 60.2 Å². The number of aliphatic hydroxyl groups is 1. The van der Waals surface area contributed by atoms with Crippen LogP contribution in [0.2, 0.25) is 0 Å². The van der Waals surface area contributed by atoms with E-state index in [1.165, 1.54) is 0 Å². The van der Waals surface area contributed by atoms with Crippen LogP contribution < -0.4 is 0 Å². The second kappa shape index (κ2) is 8.07. The van der Waals surface area contributed by atoms with Gasteiger partial charge in [0, 0.05) is 56.4 Å². The Kier molecular flexibility index (Phi) is 5.53. The largest absolute Gasteiger partial charge is 0.461 e. The molecule has 6 heteroatoms. The SMILES string of the molecule is Cc1ccc(-c2ccc(C(=O)N3CC[C@@H](N4CCN(C)CC4)[C@H](O)C3)cc2)o1. The summed E-state index contributed by atoms with van der Waals surface area (Å²) < 4.78 is 5.64. The average Bonchev–Trinajstić information content (AvgIpc) is 3.15. The van der Waals surface area contributed by atoms with E-state index in [0.29, 0.717) is 18.7 Å². The number of carbonyl (C=O) groups excluding carboxylic acids is 1. The molecule has 0 saturated carbocycles. The van der Waals surface area contributed by atoms with Crippen LogP contribution in [0.25, 0.3) is 11.3 Å². The van der Waals surface area contributed by atoms with E-state index in [9.17, 15) is 9.90 Å². The lowest BCUT2D eigenvalue weighted by molar-refractivity contribution is -0.0219. The number of aryl methyl sites for hydroxylation is 1. The van der Waals surface area contributed by atoms with Crippen LogP contribution in [-0.4, -0.2) is 84.2 Å². The van der Waals surface area contributed by atoms with E-state index in [1.54, 1.807) is 4.90 Å². The van der Waals surface area contributed by atoms with E-state index in [0.717, 1.165) is 49.7 Å². The van der Waals surface area contributed by atoms with E-state index < -0.39 is 6.10 Å². The van der Waals surface area contributed by atoms with Crippen molar-refractivity contribution in [1.29, 1.82) is 0 Å². The number of aliphatic hydroxyl groups excluding tert-OH is 1. The van der Waals surface area contributed by atoms with Gasteiger partial charge in [0.25, 0.3) is 5.91 Å². The van der Waals surface area contributed by atoms with Gasteiger partial charge in [0.1, 0.15) is 11.5 Å². The third-order valence-electron chi connectivity index (χ3n) is 6.00. The molecule has 2 fully saturated rings. The number of nitrogens with zero attached hydrogens (tertiary/aromatic N) is 3. The summed E-state index contributed by atoms with van der Waals surface area (Å²) in [4.78, 5) is 19.4. The first-order valence-electron chi connectivity index (χ1n) is 10.1. The zero-order valence-electron chi connectivity index (χ0n) is 16.7. The van der Waals surface area contributed by atoms with Crippen LogP contribution in [0.15, 0.2) is 40.8 Å². The highest BCUT2D eigenvalue weighted by molar-refractivity contribution is 5.94. The number of hydrogen-bond acceptors (Lipinski definition) is 5. The minimum Gasteiger partial charge on any atom is -0.461 e. The molecular formula is C22H29N3O3. The van der Waals surface area contributed by atoms with Gasteiger partial charge < -0.3 is 19.3 Å². The number of amides is 1. The second-order valence-corrected chi connectivity index (χ2v) is 8.00. The van der Waals surface area contributed by atoms with Crippen LogP contribution >= 0.6 is 0 Å². The standard InChI is InChI=1S/C22H29N3O3/c1-16-3-8-21(28-16)17-4-6-18(7-5-17)22(27)25-10-9-19(20(26)15-25)24-13-11-23(2)12-14-24/h3-8,19-20,26H,9-15H2,1-2H3/t19-,20-/m1/s1. The molecule has 2 saturated heterocycles. The molecule has 1 aromatic heterocycles. The van der Waals surface area contributed by atoms with E-state index in [4.69, 9.17) is 4.42 Å². The highest BCUT2D eigenvalue weighted by atomic mass is 16.3. The van der Waals surface area contributed by atoms with Gasteiger partial charge in [0.15, 0.2) is 0 Å². The Labute approximate surface area is 166 Å². The quantitative estimate of drug-likeness (QED) is 0.879. The molecule has 1 amide bonds. The van der Waals surface area contributed by atoms with E-state index in [2.05, 4.69) is 16.8 Å². The Morgan fingerprint density at radius 2 is 1.75 bits per heavy atom. The molecule has 0 unspecified atom stereocenters. The van der Waals surface area contributed by atoms with Gasteiger partial charge in [-0.3, -0.25) is 9.69 Å². The predicted molar refractivity (Wildman–Crippen MR) is 108 cm³/mol. The summed E-state index contributed by atoms with van der Waals surface area (Å²) in [5, 5.41) is 10.7. The van der Waals surface area contributed by atoms with Crippen LogP contribution in [-0.2, 0) is 0 Å². The second-order valence-electron chi connectivity index (χ2n) is 8.00. The lowest BCUT2D eigenvalue weighted by Gasteiger charge is -2.44. The summed E-state index contributed by atoms with van der Waals surface area (Å²) in [5.41, 5.74) is 1.61. The van der Waals surface area contributed by atoms with Gasteiger partial charge in [0.2, 0.25) is 0 Å². The maximum atomic E-state index is 12.9. The summed E-state index contributed by atoms with van der Waals surface area (Å²) in [7, 11) is 2.13. The van der Waals surface area contributed by atoms with Crippen molar-refractivity contribution < 1.29 is 14.3 Å². The van der Waals surface area contributed by atoms with Gasteiger partial charge in [-0.2, -0.15) is 0 Å². The Bertz CT molecular complexity index is 809. The molecule has 6 nitrogen and oxygen atoms in total. The molecule has 28 heavy (non-hydrogen) atoms. The fraction of sp³-hybridized carbons (Fsp3) is 0.500. The van der Waals surface area contributed by atoms with Crippen LogP contribution in [0.1, 0.15) is 22.5 Å². The molecule has 3 heterocycles. The zero-order valence-corrected chi connectivity index (χ0v) is 16.7. The Morgan fingerprint density at radius 3 is 2.36 bits per heavy atom. The van der Waals surface area contributed by atoms with Crippen molar-refractivity contribution in [3.63, 3.8) is 0 Å². The summed E-state index contributed by atoms with van der Waals surface area (Å²) in [6.07, 6.45) is 0.326. The van der Waals surface area contributed by atoms with E-state index in [1.807, 2.05) is 43.3 Å². The summed E-state index contributed by atoms with van der Waals surface area (Å²) in [5.74, 6) is 1.66. The first-order chi connectivity index (χ1) is 13.5. The average molecular weight is 383 g/mol. The van der Waals surface area contributed by atoms with Crippen molar-refractivity contribution in [1.82, 2.24) is 14.7 Å². The number of β-amino-alcohol motifs (C(OH)–C–C–N with tert-alkyl or cyclic N) is 1. The molecule has 1 N–H and O–H groups in total. The lowest BCUT2D eigenvalue weighted by Crippen LogP contribution is -2.59. The van der Waals surface area contributed by atoms with E-state index >= 15 is 0 Å². The van der Waals surface area contributed by atoms with Crippen molar-refractivity contribution in [2.75, 3.05) is 46.3 Å². The molecule has 4 rings (SSSR count). The van der Waals surface area contributed by atoms with Crippen LogP contribution in [0, 0.1) is 6.92 Å². The van der Waals surface area contributed by atoms with Crippen LogP contribution in [0.4, 0.5) is 0 Å². The highest BCUT2D eigenvalue weighted by Gasteiger charge is 2.35. The number of carbonyl (C=O) groups is 1. The van der Waals surface area contributed by atoms with Crippen molar-refractivity contribution >= 4 is 5.91 Å². The maximum Gasteiger partial charge on any atom is 0.253 e. The fourth-order valence-electron chi connectivity index (χ4n) is 4.23. The van der Waals surface area contributed by atoms with Gasteiger partial charge in [-0.1, -0.05) is 12.1 Å². The minimum absolute atomic E-state index is 0.0157. The Hall–Kier alpha value is -2.15. The van der Waals surface area contributed by atoms with Crippen molar-refractivity contribution in [2.24, 2.45) is 0 Å². The molecule has 0 radical (unpaired) electrons. The molecule has 2 aliphatic heterocycles. The van der Waals surface area contributed by atoms with E-state index in [-0.39, 0.29) is 11.9 Å². The number of rotatable bonds is 3. The fourth-order valence-corrected chi connectivity index (χ4v) is 4.23. The molecule has 2 aliphatic rings. The van der Waals surface area contributed by atoms with Gasteiger partial charge in [-0.05, 0) is 44.7 Å². The normalized spacial score (nSPS) is 24.5.